The minimum absolute atomic E-state index is 0.434. The van der Waals surface area contributed by atoms with E-state index in [-0.39, 0.29) is 0 Å². The standard InChI is InChI=1S/C11H15NO/c1-2-4-10-8-5-3-6-11(13)9(8)7-12-10/h3,5-6,10,12-13H,2,4,7H2,1H3. The van der Waals surface area contributed by atoms with E-state index < -0.39 is 0 Å². The summed E-state index contributed by atoms with van der Waals surface area (Å²) in [5.41, 5.74) is 2.36. The zero-order chi connectivity index (χ0) is 9.26. The number of rotatable bonds is 2. The van der Waals surface area contributed by atoms with Gasteiger partial charge in [0.2, 0.25) is 0 Å². The Morgan fingerprint density at radius 2 is 2.38 bits per heavy atom. The maximum absolute atomic E-state index is 9.58. The Balaban J connectivity index is 2.32. The van der Waals surface area contributed by atoms with Gasteiger partial charge in [-0.3, -0.25) is 0 Å². The maximum Gasteiger partial charge on any atom is 0.120 e. The van der Waals surface area contributed by atoms with E-state index in [1.807, 2.05) is 6.07 Å². The Labute approximate surface area is 78.6 Å². The Hall–Kier alpha value is -1.02. The Morgan fingerprint density at radius 3 is 3.15 bits per heavy atom. The van der Waals surface area contributed by atoms with Crippen LogP contribution in [0.1, 0.15) is 36.9 Å². The van der Waals surface area contributed by atoms with Gasteiger partial charge in [-0.1, -0.05) is 25.5 Å². The quantitative estimate of drug-likeness (QED) is 0.726. The fraction of sp³-hybridized carbons (Fsp3) is 0.455. The van der Waals surface area contributed by atoms with Gasteiger partial charge >= 0.3 is 0 Å². The molecule has 0 fully saturated rings. The predicted molar refractivity (Wildman–Crippen MR) is 52.6 cm³/mol. The Kier molecular flexibility index (Phi) is 2.23. The first kappa shape index (κ1) is 8.57. The first-order chi connectivity index (χ1) is 6.33. The third kappa shape index (κ3) is 1.42. The number of aromatic hydroxyl groups is 1. The molecule has 13 heavy (non-hydrogen) atoms. The summed E-state index contributed by atoms with van der Waals surface area (Å²) in [6, 6.07) is 6.24. The Bertz CT molecular complexity index is 309. The molecule has 1 aliphatic rings. The van der Waals surface area contributed by atoms with Crippen LogP contribution in [-0.4, -0.2) is 5.11 Å². The van der Waals surface area contributed by atoms with Crippen LogP contribution in [0.2, 0.25) is 0 Å². The van der Waals surface area contributed by atoms with Gasteiger partial charge in [0.25, 0.3) is 0 Å². The lowest BCUT2D eigenvalue weighted by Gasteiger charge is -2.09. The number of hydrogen-bond acceptors (Lipinski definition) is 2. The van der Waals surface area contributed by atoms with Crippen LogP contribution < -0.4 is 5.32 Å². The van der Waals surface area contributed by atoms with Crippen LogP contribution in [0.15, 0.2) is 18.2 Å². The van der Waals surface area contributed by atoms with Crippen LogP contribution >= 0.6 is 0 Å². The van der Waals surface area contributed by atoms with E-state index in [0.29, 0.717) is 11.8 Å². The van der Waals surface area contributed by atoms with Crippen molar-refractivity contribution in [1.82, 2.24) is 5.32 Å². The highest BCUT2D eigenvalue weighted by atomic mass is 16.3. The second-order valence-electron chi connectivity index (χ2n) is 3.57. The first-order valence-electron chi connectivity index (χ1n) is 4.87. The zero-order valence-corrected chi connectivity index (χ0v) is 7.88. The topological polar surface area (TPSA) is 32.3 Å². The molecule has 2 nitrogen and oxygen atoms in total. The number of benzene rings is 1. The molecule has 2 rings (SSSR count). The average Bonchev–Trinajstić information content (AvgIpc) is 2.51. The lowest BCUT2D eigenvalue weighted by molar-refractivity contribution is 0.468. The summed E-state index contributed by atoms with van der Waals surface area (Å²) in [5, 5.41) is 13.0. The van der Waals surface area contributed by atoms with Crippen LogP contribution in [0.4, 0.5) is 0 Å². The van der Waals surface area contributed by atoms with Gasteiger partial charge in [-0.05, 0) is 18.1 Å². The molecule has 0 amide bonds. The molecule has 0 bridgehead atoms. The molecule has 1 unspecified atom stereocenters. The molecule has 1 aliphatic heterocycles. The largest absolute Gasteiger partial charge is 0.508 e. The summed E-state index contributed by atoms with van der Waals surface area (Å²) in [7, 11) is 0. The molecule has 0 saturated carbocycles. The maximum atomic E-state index is 9.58. The van der Waals surface area contributed by atoms with Gasteiger partial charge in [0.15, 0.2) is 0 Å². The van der Waals surface area contributed by atoms with Crippen LogP contribution in [0, 0.1) is 0 Å². The predicted octanol–water partition coefficient (Wildman–Crippen LogP) is 2.34. The van der Waals surface area contributed by atoms with Gasteiger partial charge in [0.05, 0.1) is 0 Å². The highest BCUT2D eigenvalue weighted by Gasteiger charge is 2.22. The lowest BCUT2D eigenvalue weighted by Crippen LogP contribution is -2.11. The normalized spacial score (nSPS) is 20.2. The van der Waals surface area contributed by atoms with E-state index in [1.165, 1.54) is 12.0 Å². The molecule has 1 atom stereocenters. The smallest absolute Gasteiger partial charge is 0.120 e. The summed E-state index contributed by atoms with van der Waals surface area (Å²) < 4.78 is 0. The molecular formula is C11H15NO. The van der Waals surface area contributed by atoms with E-state index in [9.17, 15) is 5.11 Å². The minimum atomic E-state index is 0.434. The van der Waals surface area contributed by atoms with Crippen molar-refractivity contribution in [3.63, 3.8) is 0 Å². The molecule has 0 radical (unpaired) electrons. The van der Waals surface area contributed by atoms with Gasteiger partial charge in [0.1, 0.15) is 5.75 Å². The van der Waals surface area contributed by atoms with Gasteiger partial charge in [0, 0.05) is 18.2 Å². The lowest BCUT2D eigenvalue weighted by atomic mass is 10.0. The van der Waals surface area contributed by atoms with E-state index >= 15 is 0 Å². The average molecular weight is 177 g/mol. The monoisotopic (exact) mass is 177 g/mol. The summed E-state index contributed by atoms with van der Waals surface area (Å²) in [4.78, 5) is 0. The molecule has 0 spiro atoms. The molecular weight excluding hydrogens is 162 g/mol. The van der Waals surface area contributed by atoms with Crippen molar-refractivity contribution in [2.75, 3.05) is 0 Å². The number of phenolic OH excluding ortho intramolecular Hbond substituents is 1. The minimum Gasteiger partial charge on any atom is -0.508 e. The highest BCUT2D eigenvalue weighted by molar-refractivity contribution is 5.43. The van der Waals surface area contributed by atoms with E-state index in [1.54, 1.807) is 6.07 Å². The second-order valence-corrected chi connectivity index (χ2v) is 3.57. The molecule has 0 saturated heterocycles. The van der Waals surface area contributed by atoms with E-state index in [4.69, 9.17) is 0 Å². The van der Waals surface area contributed by atoms with Crippen LogP contribution in [0.5, 0.6) is 5.75 Å². The fourth-order valence-electron chi connectivity index (χ4n) is 1.99. The van der Waals surface area contributed by atoms with Crippen molar-refractivity contribution >= 4 is 0 Å². The molecule has 2 heteroatoms. The fourth-order valence-corrected chi connectivity index (χ4v) is 1.99. The molecule has 0 aliphatic carbocycles. The third-order valence-electron chi connectivity index (χ3n) is 2.67. The van der Waals surface area contributed by atoms with Crippen LogP contribution in [0.3, 0.4) is 0 Å². The molecule has 1 aromatic carbocycles. The van der Waals surface area contributed by atoms with Gasteiger partial charge in [-0.2, -0.15) is 0 Å². The van der Waals surface area contributed by atoms with Crippen molar-refractivity contribution in [3.8, 4) is 5.75 Å². The van der Waals surface area contributed by atoms with Crippen molar-refractivity contribution in [2.45, 2.75) is 32.4 Å². The highest BCUT2D eigenvalue weighted by Crippen LogP contribution is 2.33. The zero-order valence-electron chi connectivity index (χ0n) is 7.88. The van der Waals surface area contributed by atoms with Crippen molar-refractivity contribution in [2.24, 2.45) is 0 Å². The van der Waals surface area contributed by atoms with Crippen molar-refractivity contribution in [3.05, 3.63) is 29.3 Å². The molecule has 2 N–H and O–H groups in total. The SMILES string of the molecule is CCCC1NCc2c(O)cccc21. The van der Waals surface area contributed by atoms with Crippen molar-refractivity contribution < 1.29 is 5.11 Å². The summed E-state index contributed by atoms with van der Waals surface area (Å²) in [6.45, 7) is 3.00. The molecule has 0 aromatic heterocycles. The van der Waals surface area contributed by atoms with E-state index in [0.717, 1.165) is 18.5 Å². The number of phenols is 1. The molecule has 1 heterocycles. The van der Waals surface area contributed by atoms with Crippen LogP contribution in [0.25, 0.3) is 0 Å². The Morgan fingerprint density at radius 1 is 1.54 bits per heavy atom. The van der Waals surface area contributed by atoms with Crippen molar-refractivity contribution in [1.29, 1.82) is 0 Å². The number of hydrogen-bond donors (Lipinski definition) is 2. The summed E-state index contributed by atoms with van der Waals surface area (Å²) in [6.07, 6.45) is 2.32. The molecule has 1 aromatic rings. The number of fused-ring (bicyclic) bond motifs is 1. The summed E-state index contributed by atoms with van der Waals surface area (Å²) in [5.74, 6) is 0.434. The second kappa shape index (κ2) is 3.38. The van der Waals surface area contributed by atoms with Gasteiger partial charge in [-0.15, -0.1) is 0 Å². The summed E-state index contributed by atoms with van der Waals surface area (Å²) >= 11 is 0. The third-order valence-corrected chi connectivity index (χ3v) is 2.67. The van der Waals surface area contributed by atoms with E-state index in [2.05, 4.69) is 18.3 Å². The van der Waals surface area contributed by atoms with Crippen LogP contribution in [-0.2, 0) is 6.54 Å². The van der Waals surface area contributed by atoms with Gasteiger partial charge < -0.3 is 10.4 Å². The molecule has 70 valence electrons. The first-order valence-corrected chi connectivity index (χ1v) is 4.87. The van der Waals surface area contributed by atoms with Gasteiger partial charge in [-0.25, -0.2) is 0 Å². The number of nitrogens with one attached hydrogen (secondary N) is 1.